The minimum absolute atomic E-state index is 0.252. The van der Waals surface area contributed by atoms with Gasteiger partial charge in [-0.2, -0.15) is 5.10 Å². The maximum atomic E-state index is 13.8. The third-order valence-electron chi connectivity index (χ3n) is 4.29. The van der Waals surface area contributed by atoms with Crippen LogP contribution in [0.1, 0.15) is 19.0 Å². The Morgan fingerprint density at radius 2 is 2.14 bits per heavy atom. The highest BCUT2D eigenvalue weighted by atomic mass is 19.1. The highest BCUT2D eigenvalue weighted by Crippen LogP contribution is 2.24. The lowest BCUT2D eigenvalue weighted by Gasteiger charge is -2.19. The first kappa shape index (κ1) is 15.1. The molecule has 6 heteroatoms. The van der Waals surface area contributed by atoms with Gasteiger partial charge < -0.3 is 5.73 Å². The molecule has 118 valence electrons. The van der Waals surface area contributed by atoms with Gasteiger partial charge in [0.25, 0.3) is 0 Å². The molecular formula is C16H20F2N4. The Bertz CT molecular complexity index is 655. The number of nitrogens with two attached hydrogens (primary N) is 1. The fraction of sp³-hybridized carbons (Fsp3) is 0.438. The Morgan fingerprint density at radius 3 is 2.82 bits per heavy atom. The SMILES string of the molecule is CC1CC(CN)CN1Cc1ccn(-c2ccc(F)cc2F)n1. The monoisotopic (exact) mass is 306 g/mol. The first-order valence-corrected chi connectivity index (χ1v) is 7.51. The quantitative estimate of drug-likeness (QED) is 0.943. The minimum Gasteiger partial charge on any atom is -0.330 e. The van der Waals surface area contributed by atoms with Gasteiger partial charge in [0, 0.05) is 31.4 Å². The van der Waals surface area contributed by atoms with E-state index in [0.29, 0.717) is 25.0 Å². The van der Waals surface area contributed by atoms with Crippen molar-refractivity contribution in [3.63, 3.8) is 0 Å². The predicted molar refractivity (Wildman–Crippen MR) is 80.5 cm³/mol. The summed E-state index contributed by atoms with van der Waals surface area (Å²) in [4.78, 5) is 2.34. The molecule has 1 aliphatic heterocycles. The van der Waals surface area contributed by atoms with Crippen molar-refractivity contribution in [3.05, 3.63) is 47.8 Å². The molecule has 0 spiro atoms. The van der Waals surface area contributed by atoms with Gasteiger partial charge in [-0.15, -0.1) is 0 Å². The summed E-state index contributed by atoms with van der Waals surface area (Å²) in [6, 6.07) is 5.83. The number of rotatable bonds is 4. The maximum absolute atomic E-state index is 13.8. The van der Waals surface area contributed by atoms with Crippen molar-refractivity contribution >= 4 is 0 Å². The van der Waals surface area contributed by atoms with Crippen LogP contribution in [0.5, 0.6) is 0 Å². The zero-order chi connectivity index (χ0) is 15.7. The molecule has 1 aliphatic rings. The Balaban J connectivity index is 1.74. The predicted octanol–water partition coefficient (Wildman–Crippen LogP) is 2.32. The molecule has 1 saturated heterocycles. The molecule has 1 aromatic heterocycles. The van der Waals surface area contributed by atoms with E-state index in [2.05, 4.69) is 16.9 Å². The summed E-state index contributed by atoms with van der Waals surface area (Å²) in [7, 11) is 0. The minimum atomic E-state index is -0.618. The van der Waals surface area contributed by atoms with E-state index in [0.717, 1.165) is 24.7 Å². The van der Waals surface area contributed by atoms with E-state index in [-0.39, 0.29) is 5.69 Å². The van der Waals surface area contributed by atoms with Gasteiger partial charge in [-0.05, 0) is 44.0 Å². The van der Waals surface area contributed by atoms with Crippen molar-refractivity contribution in [2.45, 2.75) is 25.9 Å². The number of aromatic nitrogens is 2. The van der Waals surface area contributed by atoms with Crippen molar-refractivity contribution < 1.29 is 8.78 Å². The zero-order valence-corrected chi connectivity index (χ0v) is 12.5. The molecule has 2 heterocycles. The van der Waals surface area contributed by atoms with Crippen molar-refractivity contribution in [2.75, 3.05) is 13.1 Å². The van der Waals surface area contributed by atoms with E-state index in [9.17, 15) is 8.78 Å². The summed E-state index contributed by atoms with van der Waals surface area (Å²) in [5.74, 6) is -0.675. The van der Waals surface area contributed by atoms with Crippen molar-refractivity contribution in [1.29, 1.82) is 0 Å². The average Bonchev–Trinajstić information content (AvgIpc) is 3.07. The number of benzene rings is 1. The molecule has 0 bridgehead atoms. The highest BCUT2D eigenvalue weighted by Gasteiger charge is 2.28. The smallest absolute Gasteiger partial charge is 0.151 e. The Hall–Kier alpha value is -1.79. The number of hydrogen-bond acceptors (Lipinski definition) is 3. The molecule has 3 rings (SSSR count). The number of nitrogens with zero attached hydrogens (tertiary/aromatic N) is 3. The van der Waals surface area contributed by atoms with Gasteiger partial charge in [-0.3, -0.25) is 4.90 Å². The van der Waals surface area contributed by atoms with Gasteiger partial charge in [-0.1, -0.05) is 0 Å². The van der Waals surface area contributed by atoms with Gasteiger partial charge >= 0.3 is 0 Å². The van der Waals surface area contributed by atoms with Gasteiger partial charge in [0.1, 0.15) is 11.5 Å². The Labute approximate surface area is 128 Å². The number of likely N-dealkylation sites (tertiary alicyclic amines) is 1. The molecule has 0 amide bonds. The van der Waals surface area contributed by atoms with Crippen LogP contribution in [0.2, 0.25) is 0 Å². The molecule has 2 unspecified atom stereocenters. The van der Waals surface area contributed by atoms with Crippen LogP contribution in [0.3, 0.4) is 0 Å². The van der Waals surface area contributed by atoms with E-state index in [1.54, 1.807) is 6.20 Å². The van der Waals surface area contributed by atoms with Crippen LogP contribution in [-0.4, -0.2) is 33.8 Å². The van der Waals surface area contributed by atoms with Crippen molar-refractivity contribution in [3.8, 4) is 5.69 Å². The lowest BCUT2D eigenvalue weighted by Crippen LogP contribution is -2.27. The van der Waals surface area contributed by atoms with Crippen LogP contribution in [0.15, 0.2) is 30.5 Å². The number of hydrogen-bond donors (Lipinski definition) is 1. The first-order chi connectivity index (χ1) is 10.6. The van der Waals surface area contributed by atoms with Gasteiger partial charge in [0.05, 0.1) is 5.69 Å². The first-order valence-electron chi connectivity index (χ1n) is 7.51. The molecule has 0 saturated carbocycles. The fourth-order valence-corrected chi connectivity index (χ4v) is 3.06. The van der Waals surface area contributed by atoms with Crippen molar-refractivity contribution in [1.82, 2.24) is 14.7 Å². The Morgan fingerprint density at radius 1 is 1.32 bits per heavy atom. The molecule has 1 aromatic carbocycles. The van der Waals surface area contributed by atoms with Crippen molar-refractivity contribution in [2.24, 2.45) is 11.7 Å². The average molecular weight is 306 g/mol. The third kappa shape index (κ3) is 3.03. The molecule has 2 N–H and O–H groups in total. The second-order valence-electron chi connectivity index (χ2n) is 5.96. The molecule has 2 atom stereocenters. The maximum Gasteiger partial charge on any atom is 0.151 e. The zero-order valence-electron chi connectivity index (χ0n) is 12.5. The summed E-state index contributed by atoms with van der Waals surface area (Å²) in [5, 5.41) is 4.40. The third-order valence-corrected chi connectivity index (χ3v) is 4.29. The van der Waals surface area contributed by atoms with Gasteiger partial charge in [-0.25, -0.2) is 13.5 Å². The van der Waals surface area contributed by atoms with Crippen LogP contribution in [0.25, 0.3) is 5.69 Å². The van der Waals surface area contributed by atoms with Gasteiger partial charge in [0.15, 0.2) is 5.82 Å². The summed E-state index contributed by atoms with van der Waals surface area (Å²) in [6.07, 6.45) is 2.80. The summed E-state index contributed by atoms with van der Waals surface area (Å²) < 4.78 is 28.2. The van der Waals surface area contributed by atoms with Crippen LogP contribution >= 0.6 is 0 Å². The molecule has 0 radical (unpaired) electrons. The van der Waals surface area contributed by atoms with E-state index in [1.165, 1.54) is 16.8 Å². The van der Waals surface area contributed by atoms with Crippen LogP contribution in [-0.2, 0) is 6.54 Å². The molecular weight excluding hydrogens is 286 g/mol. The normalized spacial score (nSPS) is 22.4. The summed E-state index contributed by atoms with van der Waals surface area (Å²) in [5.41, 5.74) is 6.86. The van der Waals surface area contributed by atoms with E-state index in [4.69, 9.17) is 5.73 Å². The summed E-state index contributed by atoms with van der Waals surface area (Å²) >= 11 is 0. The molecule has 4 nitrogen and oxygen atoms in total. The summed E-state index contributed by atoms with van der Waals surface area (Å²) in [6.45, 7) is 4.57. The second kappa shape index (κ2) is 6.14. The van der Waals surface area contributed by atoms with Crippen LogP contribution in [0, 0.1) is 17.6 Å². The Kier molecular flexibility index (Phi) is 4.22. The largest absolute Gasteiger partial charge is 0.330 e. The highest BCUT2D eigenvalue weighted by molar-refractivity contribution is 5.33. The molecule has 1 fully saturated rings. The number of halogens is 2. The lowest BCUT2D eigenvalue weighted by atomic mass is 10.1. The lowest BCUT2D eigenvalue weighted by molar-refractivity contribution is 0.252. The van der Waals surface area contributed by atoms with Crippen LogP contribution in [0.4, 0.5) is 8.78 Å². The topological polar surface area (TPSA) is 47.1 Å². The standard InChI is InChI=1S/C16H20F2N4/c1-11-6-12(8-19)9-21(11)10-14-4-5-22(20-14)16-3-2-13(17)7-15(16)18/h2-5,7,11-12H,6,8-10,19H2,1H3. The molecule has 2 aromatic rings. The fourth-order valence-electron chi connectivity index (χ4n) is 3.06. The van der Waals surface area contributed by atoms with E-state index < -0.39 is 11.6 Å². The van der Waals surface area contributed by atoms with Gasteiger partial charge in [0.2, 0.25) is 0 Å². The molecule has 22 heavy (non-hydrogen) atoms. The molecule has 0 aliphatic carbocycles. The second-order valence-corrected chi connectivity index (χ2v) is 5.96. The van der Waals surface area contributed by atoms with E-state index >= 15 is 0 Å². The van der Waals surface area contributed by atoms with E-state index in [1.807, 2.05) is 6.07 Å². The van der Waals surface area contributed by atoms with Crippen LogP contribution < -0.4 is 5.73 Å².